The average Bonchev–Trinajstić information content (AvgIpc) is 2.67. The van der Waals surface area contributed by atoms with E-state index in [1.165, 1.54) is 12.1 Å². The molecule has 3 rings (SSSR count). The van der Waals surface area contributed by atoms with Crippen molar-refractivity contribution in [3.8, 4) is 0 Å². The molecule has 0 aliphatic carbocycles. The Morgan fingerprint density at radius 1 is 0.933 bits per heavy atom. The van der Waals surface area contributed by atoms with Crippen LogP contribution in [0.2, 0.25) is 0 Å². The predicted molar refractivity (Wildman–Crippen MR) is 93.0 cm³/mol. The predicted octanol–water partition coefficient (Wildman–Crippen LogP) is 5.11. The molecule has 1 aliphatic heterocycles. The number of alkyl halides is 6. The van der Waals surface area contributed by atoms with Gasteiger partial charge in [0.2, 0.25) is 0 Å². The van der Waals surface area contributed by atoms with Crippen LogP contribution in [-0.4, -0.2) is 26.0 Å². The first-order valence-electron chi connectivity index (χ1n) is 9.04. The van der Waals surface area contributed by atoms with Crippen LogP contribution in [0.25, 0.3) is 0 Å². The highest BCUT2D eigenvalue weighted by atomic mass is 19.4. The van der Waals surface area contributed by atoms with Gasteiger partial charge in [-0.05, 0) is 47.9 Å². The molecule has 1 saturated heterocycles. The smallest absolute Gasteiger partial charge is 0.350 e. The van der Waals surface area contributed by atoms with Gasteiger partial charge in [-0.15, -0.1) is 0 Å². The molecule has 0 amide bonds. The molecule has 1 heterocycles. The van der Waals surface area contributed by atoms with E-state index < -0.39 is 41.6 Å². The lowest BCUT2D eigenvalue weighted by Gasteiger charge is -2.33. The number of nitrogens with one attached hydrogen (secondary N) is 1. The molecule has 2 atom stereocenters. The topological polar surface area (TPSA) is 30.5 Å². The molecular weight excluding hydrogens is 419 g/mol. The first-order valence-corrected chi connectivity index (χ1v) is 9.04. The molecular formula is C20H18F7NO2. The van der Waals surface area contributed by atoms with Crippen LogP contribution in [0.4, 0.5) is 30.7 Å². The number of rotatable bonds is 5. The van der Waals surface area contributed by atoms with E-state index in [2.05, 4.69) is 5.32 Å². The molecule has 0 bridgehead atoms. The Kier molecular flexibility index (Phi) is 6.68. The largest absolute Gasteiger partial charge is 0.416 e. The van der Waals surface area contributed by atoms with E-state index >= 15 is 0 Å². The Morgan fingerprint density at radius 3 is 2.10 bits per heavy atom. The minimum atomic E-state index is -4.90. The van der Waals surface area contributed by atoms with Gasteiger partial charge in [0.25, 0.3) is 0 Å². The number of hydrogen-bond acceptors (Lipinski definition) is 3. The van der Waals surface area contributed by atoms with Crippen molar-refractivity contribution in [2.75, 3.05) is 19.8 Å². The van der Waals surface area contributed by atoms with Gasteiger partial charge in [-0.2, -0.15) is 26.3 Å². The fourth-order valence-electron chi connectivity index (χ4n) is 3.13. The highest BCUT2D eigenvalue weighted by Gasteiger charge is 2.37. The monoisotopic (exact) mass is 437 g/mol. The van der Waals surface area contributed by atoms with Crippen molar-refractivity contribution in [2.24, 2.45) is 0 Å². The Balaban J connectivity index is 1.70. The van der Waals surface area contributed by atoms with Crippen molar-refractivity contribution >= 4 is 0 Å². The third-order valence-corrected chi connectivity index (χ3v) is 4.57. The first-order chi connectivity index (χ1) is 14.0. The summed E-state index contributed by atoms with van der Waals surface area (Å²) in [6.45, 7) is 0.650. The summed E-state index contributed by atoms with van der Waals surface area (Å²) in [6, 6.07) is 6.61. The van der Waals surface area contributed by atoms with E-state index in [1.54, 1.807) is 12.1 Å². The van der Waals surface area contributed by atoms with Crippen LogP contribution in [0.1, 0.15) is 28.3 Å². The third-order valence-electron chi connectivity index (χ3n) is 4.57. The molecule has 1 N–H and O–H groups in total. The molecule has 2 aromatic rings. The van der Waals surface area contributed by atoms with E-state index in [4.69, 9.17) is 9.47 Å². The maximum atomic E-state index is 13.1. The van der Waals surface area contributed by atoms with Crippen LogP contribution in [0.3, 0.4) is 0 Å². The fourth-order valence-corrected chi connectivity index (χ4v) is 3.13. The van der Waals surface area contributed by atoms with Crippen molar-refractivity contribution in [2.45, 2.75) is 31.1 Å². The second-order valence-corrected chi connectivity index (χ2v) is 6.76. The molecule has 3 nitrogen and oxygen atoms in total. The molecule has 0 unspecified atom stereocenters. The van der Waals surface area contributed by atoms with E-state index in [9.17, 15) is 30.7 Å². The van der Waals surface area contributed by atoms with Gasteiger partial charge in [-0.3, -0.25) is 0 Å². The van der Waals surface area contributed by atoms with E-state index in [0.29, 0.717) is 30.8 Å². The summed E-state index contributed by atoms with van der Waals surface area (Å²) in [6.07, 6.45) is -10.8. The lowest BCUT2D eigenvalue weighted by atomic mass is 10.0. The maximum Gasteiger partial charge on any atom is 0.416 e. The minimum absolute atomic E-state index is 0.0864. The van der Waals surface area contributed by atoms with E-state index in [0.717, 1.165) is 0 Å². The Morgan fingerprint density at radius 2 is 1.53 bits per heavy atom. The van der Waals surface area contributed by atoms with Crippen LogP contribution >= 0.6 is 0 Å². The van der Waals surface area contributed by atoms with Crippen molar-refractivity contribution in [3.63, 3.8) is 0 Å². The molecule has 1 fully saturated rings. The standard InChI is InChI=1S/C20H18F7NO2/c21-16-3-1-13(2-4-16)17-18(30-8-6-28-17)29-7-5-12-9-14(19(22,23)24)11-15(10-12)20(25,26)27/h1-4,9-11,17-18,28H,5-8H2/t17-,18+/m1/s1. The number of hydrogen-bond donors (Lipinski definition) is 1. The number of morpholine rings is 1. The minimum Gasteiger partial charge on any atom is -0.350 e. The third kappa shape index (κ3) is 5.71. The van der Waals surface area contributed by atoms with Crippen molar-refractivity contribution in [3.05, 3.63) is 70.5 Å². The highest BCUT2D eigenvalue weighted by Crippen LogP contribution is 2.36. The number of benzene rings is 2. The van der Waals surface area contributed by atoms with Crippen molar-refractivity contribution in [1.29, 1.82) is 0 Å². The molecule has 0 radical (unpaired) electrons. The van der Waals surface area contributed by atoms with Crippen LogP contribution < -0.4 is 5.32 Å². The molecule has 0 spiro atoms. The second-order valence-electron chi connectivity index (χ2n) is 6.76. The summed E-state index contributed by atoms with van der Waals surface area (Å²) in [5.74, 6) is -0.419. The van der Waals surface area contributed by atoms with Crippen LogP contribution in [-0.2, 0) is 28.2 Å². The zero-order valence-corrected chi connectivity index (χ0v) is 15.5. The molecule has 1 aliphatic rings. The summed E-state index contributed by atoms with van der Waals surface area (Å²) in [7, 11) is 0. The summed E-state index contributed by atoms with van der Waals surface area (Å²) < 4.78 is 102. The van der Waals surface area contributed by atoms with Gasteiger partial charge in [-0.25, -0.2) is 4.39 Å². The second kappa shape index (κ2) is 8.91. The molecule has 2 aromatic carbocycles. The quantitative estimate of drug-likeness (QED) is 0.660. The van der Waals surface area contributed by atoms with E-state index in [1.807, 2.05) is 0 Å². The van der Waals surface area contributed by atoms with E-state index in [-0.39, 0.29) is 24.7 Å². The van der Waals surface area contributed by atoms with Crippen LogP contribution in [0.15, 0.2) is 42.5 Å². The normalized spacial score (nSPS) is 20.4. The van der Waals surface area contributed by atoms with Gasteiger partial charge in [0.05, 0.1) is 30.4 Å². The summed E-state index contributed by atoms with van der Waals surface area (Å²) in [5.41, 5.74) is -2.21. The van der Waals surface area contributed by atoms with Gasteiger partial charge in [0.15, 0.2) is 6.29 Å². The lowest BCUT2D eigenvalue weighted by molar-refractivity contribution is -0.177. The molecule has 30 heavy (non-hydrogen) atoms. The van der Waals surface area contributed by atoms with Crippen molar-refractivity contribution in [1.82, 2.24) is 5.32 Å². The van der Waals surface area contributed by atoms with Gasteiger partial charge >= 0.3 is 12.4 Å². The zero-order valence-electron chi connectivity index (χ0n) is 15.5. The van der Waals surface area contributed by atoms with Gasteiger partial charge in [0.1, 0.15) is 5.82 Å². The summed E-state index contributed by atoms with van der Waals surface area (Å²) in [4.78, 5) is 0. The molecule has 10 heteroatoms. The SMILES string of the molecule is Fc1ccc([C@H]2NCCO[C@@H]2OCCc2cc(C(F)(F)F)cc(C(F)(F)F)c2)cc1. The Hall–Kier alpha value is -2.17. The zero-order chi connectivity index (χ0) is 21.9. The summed E-state index contributed by atoms with van der Waals surface area (Å²) >= 11 is 0. The average molecular weight is 437 g/mol. The number of ether oxygens (including phenoxy) is 2. The van der Waals surface area contributed by atoms with Gasteiger partial charge in [-0.1, -0.05) is 12.1 Å². The Bertz CT molecular complexity index is 817. The van der Waals surface area contributed by atoms with Gasteiger partial charge in [0, 0.05) is 6.54 Å². The maximum absolute atomic E-state index is 13.1. The van der Waals surface area contributed by atoms with Crippen LogP contribution in [0, 0.1) is 5.82 Å². The Labute approximate surface area is 167 Å². The fraction of sp³-hybridized carbons (Fsp3) is 0.400. The first kappa shape index (κ1) is 22.5. The molecule has 164 valence electrons. The lowest BCUT2D eigenvalue weighted by Crippen LogP contribution is -2.43. The molecule has 0 saturated carbocycles. The van der Waals surface area contributed by atoms with Gasteiger partial charge < -0.3 is 14.8 Å². The molecule has 0 aromatic heterocycles. The van der Waals surface area contributed by atoms with Crippen molar-refractivity contribution < 1.29 is 40.2 Å². The number of halogens is 7. The highest BCUT2D eigenvalue weighted by molar-refractivity contribution is 5.33. The van der Waals surface area contributed by atoms with Crippen LogP contribution in [0.5, 0.6) is 0 Å². The summed E-state index contributed by atoms with van der Waals surface area (Å²) in [5, 5.41) is 3.14.